The number of methoxy groups -OCH3 is 1. The first-order valence-electron chi connectivity index (χ1n) is 4.85. The summed E-state index contributed by atoms with van der Waals surface area (Å²) in [6.07, 6.45) is 3.46. The van der Waals surface area contributed by atoms with Crippen LogP contribution in [0.3, 0.4) is 0 Å². The van der Waals surface area contributed by atoms with E-state index in [0.29, 0.717) is 6.42 Å². The Morgan fingerprint density at radius 1 is 1.43 bits per heavy atom. The SMILES string of the molecule is COc1cccc(CCCC=O)c1C. The first-order valence-corrected chi connectivity index (χ1v) is 4.85. The Bertz CT molecular complexity index is 305. The molecule has 0 saturated heterocycles. The summed E-state index contributed by atoms with van der Waals surface area (Å²) in [6.45, 7) is 2.05. The molecule has 0 aliphatic rings. The Morgan fingerprint density at radius 3 is 2.86 bits per heavy atom. The van der Waals surface area contributed by atoms with E-state index in [9.17, 15) is 4.79 Å². The van der Waals surface area contributed by atoms with Crippen LogP contribution in [0, 0.1) is 6.92 Å². The second-order valence-electron chi connectivity index (χ2n) is 3.30. The van der Waals surface area contributed by atoms with Gasteiger partial charge in [0, 0.05) is 6.42 Å². The molecule has 1 aromatic rings. The monoisotopic (exact) mass is 192 g/mol. The summed E-state index contributed by atoms with van der Waals surface area (Å²) >= 11 is 0. The van der Waals surface area contributed by atoms with Crippen LogP contribution in [0.1, 0.15) is 24.0 Å². The fourth-order valence-electron chi connectivity index (χ4n) is 1.53. The fourth-order valence-corrected chi connectivity index (χ4v) is 1.53. The molecule has 0 amide bonds. The van der Waals surface area contributed by atoms with Gasteiger partial charge < -0.3 is 9.53 Å². The Balaban J connectivity index is 2.71. The van der Waals surface area contributed by atoms with Crippen LogP contribution in [-0.2, 0) is 11.2 Å². The highest BCUT2D eigenvalue weighted by Crippen LogP contribution is 2.21. The van der Waals surface area contributed by atoms with Gasteiger partial charge in [-0.2, -0.15) is 0 Å². The molecule has 0 aromatic heterocycles. The van der Waals surface area contributed by atoms with Gasteiger partial charge in [0.1, 0.15) is 12.0 Å². The average molecular weight is 192 g/mol. The molecule has 0 radical (unpaired) electrons. The van der Waals surface area contributed by atoms with Crippen molar-refractivity contribution in [3.05, 3.63) is 29.3 Å². The van der Waals surface area contributed by atoms with Crippen LogP contribution in [0.15, 0.2) is 18.2 Å². The zero-order chi connectivity index (χ0) is 10.4. The molecule has 0 N–H and O–H groups in total. The van der Waals surface area contributed by atoms with Gasteiger partial charge in [-0.05, 0) is 37.0 Å². The van der Waals surface area contributed by atoms with Crippen molar-refractivity contribution < 1.29 is 9.53 Å². The van der Waals surface area contributed by atoms with Crippen molar-refractivity contribution in [3.8, 4) is 5.75 Å². The van der Waals surface area contributed by atoms with E-state index >= 15 is 0 Å². The summed E-state index contributed by atoms with van der Waals surface area (Å²) in [7, 11) is 1.68. The summed E-state index contributed by atoms with van der Waals surface area (Å²) in [6, 6.07) is 6.03. The second-order valence-corrected chi connectivity index (χ2v) is 3.30. The maximum atomic E-state index is 10.2. The molecule has 14 heavy (non-hydrogen) atoms. The van der Waals surface area contributed by atoms with E-state index < -0.39 is 0 Å². The number of hydrogen-bond donors (Lipinski definition) is 0. The molecule has 2 heteroatoms. The molecule has 0 aliphatic heterocycles. The molecule has 0 fully saturated rings. The van der Waals surface area contributed by atoms with Gasteiger partial charge in [0.15, 0.2) is 0 Å². The Hall–Kier alpha value is -1.31. The van der Waals surface area contributed by atoms with Crippen LogP contribution in [0.25, 0.3) is 0 Å². The van der Waals surface area contributed by atoms with Crippen LogP contribution >= 0.6 is 0 Å². The number of hydrogen-bond acceptors (Lipinski definition) is 2. The number of aldehydes is 1. The summed E-state index contributed by atoms with van der Waals surface area (Å²) in [5.41, 5.74) is 2.45. The molecule has 0 bridgehead atoms. The molecule has 0 unspecified atom stereocenters. The minimum atomic E-state index is 0.636. The molecule has 76 valence electrons. The zero-order valence-electron chi connectivity index (χ0n) is 8.75. The van der Waals surface area contributed by atoms with Crippen molar-refractivity contribution in [3.63, 3.8) is 0 Å². The lowest BCUT2D eigenvalue weighted by atomic mass is 10.0. The lowest BCUT2D eigenvalue weighted by Gasteiger charge is -2.09. The van der Waals surface area contributed by atoms with Crippen molar-refractivity contribution in [1.29, 1.82) is 0 Å². The van der Waals surface area contributed by atoms with Crippen molar-refractivity contribution in [2.45, 2.75) is 26.2 Å². The average Bonchev–Trinajstić information content (AvgIpc) is 2.21. The molecular formula is C12H16O2. The number of unbranched alkanes of at least 4 members (excludes halogenated alkanes) is 1. The quantitative estimate of drug-likeness (QED) is 0.529. The number of carbonyl (C=O) groups excluding carboxylic acids is 1. The summed E-state index contributed by atoms with van der Waals surface area (Å²) < 4.78 is 5.22. The van der Waals surface area contributed by atoms with Crippen molar-refractivity contribution >= 4 is 6.29 Å². The maximum Gasteiger partial charge on any atom is 0.122 e. The third kappa shape index (κ3) is 2.59. The van der Waals surface area contributed by atoms with Gasteiger partial charge in [-0.1, -0.05) is 12.1 Å². The minimum absolute atomic E-state index is 0.636. The molecular weight excluding hydrogens is 176 g/mol. The zero-order valence-corrected chi connectivity index (χ0v) is 8.75. The number of ether oxygens (including phenoxy) is 1. The van der Waals surface area contributed by atoms with Crippen LogP contribution < -0.4 is 4.74 Å². The van der Waals surface area contributed by atoms with E-state index in [0.717, 1.165) is 24.9 Å². The molecule has 0 heterocycles. The van der Waals surface area contributed by atoms with Gasteiger partial charge in [0.2, 0.25) is 0 Å². The predicted molar refractivity (Wildman–Crippen MR) is 56.7 cm³/mol. The van der Waals surface area contributed by atoms with Gasteiger partial charge in [0.05, 0.1) is 7.11 Å². The second kappa shape index (κ2) is 5.43. The number of benzene rings is 1. The van der Waals surface area contributed by atoms with Gasteiger partial charge >= 0.3 is 0 Å². The smallest absolute Gasteiger partial charge is 0.122 e. The topological polar surface area (TPSA) is 26.3 Å². The molecule has 2 nitrogen and oxygen atoms in total. The summed E-state index contributed by atoms with van der Waals surface area (Å²) in [5.74, 6) is 0.925. The van der Waals surface area contributed by atoms with Crippen molar-refractivity contribution in [2.75, 3.05) is 7.11 Å². The minimum Gasteiger partial charge on any atom is -0.496 e. The summed E-state index contributed by atoms with van der Waals surface area (Å²) in [4.78, 5) is 10.2. The lowest BCUT2D eigenvalue weighted by molar-refractivity contribution is -0.107. The standard InChI is InChI=1S/C12H16O2/c1-10-11(6-3-4-9-13)7-5-8-12(10)14-2/h5,7-9H,3-4,6H2,1-2H3. The highest BCUT2D eigenvalue weighted by atomic mass is 16.5. The van der Waals surface area contributed by atoms with Crippen molar-refractivity contribution in [2.24, 2.45) is 0 Å². The van der Waals surface area contributed by atoms with E-state index in [2.05, 4.69) is 13.0 Å². The van der Waals surface area contributed by atoms with E-state index in [1.54, 1.807) is 7.11 Å². The first kappa shape index (κ1) is 10.8. The van der Waals surface area contributed by atoms with E-state index in [4.69, 9.17) is 4.74 Å². The number of aryl methyl sites for hydroxylation is 1. The third-order valence-electron chi connectivity index (χ3n) is 2.38. The highest BCUT2D eigenvalue weighted by molar-refractivity contribution is 5.49. The normalized spacial score (nSPS) is 9.86. The van der Waals surface area contributed by atoms with Crippen LogP contribution in [0.2, 0.25) is 0 Å². The van der Waals surface area contributed by atoms with Crippen molar-refractivity contribution in [1.82, 2.24) is 0 Å². The maximum absolute atomic E-state index is 10.2. The molecule has 0 atom stereocenters. The predicted octanol–water partition coefficient (Wildman–Crippen LogP) is 2.53. The van der Waals surface area contributed by atoms with Crippen LogP contribution in [0.4, 0.5) is 0 Å². The fraction of sp³-hybridized carbons (Fsp3) is 0.417. The van der Waals surface area contributed by atoms with Gasteiger partial charge in [-0.3, -0.25) is 0 Å². The highest BCUT2D eigenvalue weighted by Gasteiger charge is 2.02. The van der Waals surface area contributed by atoms with Crippen LogP contribution in [0.5, 0.6) is 5.75 Å². The van der Waals surface area contributed by atoms with E-state index in [1.165, 1.54) is 11.1 Å². The molecule has 0 spiro atoms. The Kier molecular flexibility index (Phi) is 4.17. The first-order chi connectivity index (χ1) is 6.79. The molecule has 0 saturated carbocycles. The largest absolute Gasteiger partial charge is 0.496 e. The molecule has 1 rings (SSSR count). The molecule has 1 aromatic carbocycles. The number of carbonyl (C=O) groups is 1. The van der Waals surface area contributed by atoms with Gasteiger partial charge in [0.25, 0.3) is 0 Å². The lowest BCUT2D eigenvalue weighted by Crippen LogP contribution is -1.94. The Labute approximate surface area is 84.9 Å². The van der Waals surface area contributed by atoms with Gasteiger partial charge in [-0.25, -0.2) is 0 Å². The summed E-state index contributed by atoms with van der Waals surface area (Å²) in [5, 5.41) is 0. The Morgan fingerprint density at radius 2 is 2.21 bits per heavy atom. The van der Waals surface area contributed by atoms with E-state index in [-0.39, 0.29) is 0 Å². The number of rotatable bonds is 5. The molecule has 0 aliphatic carbocycles. The van der Waals surface area contributed by atoms with Gasteiger partial charge in [-0.15, -0.1) is 0 Å². The van der Waals surface area contributed by atoms with E-state index in [1.807, 2.05) is 12.1 Å². The van der Waals surface area contributed by atoms with Crippen LogP contribution in [-0.4, -0.2) is 13.4 Å². The third-order valence-corrected chi connectivity index (χ3v) is 2.38.